The predicted molar refractivity (Wildman–Crippen MR) is 234 cm³/mol. The second-order valence-electron chi connectivity index (χ2n) is 14.0. The van der Waals surface area contributed by atoms with Crippen LogP contribution < -0.4 is 0 Å². The molecule has 0 N–H and O–H groups in total. The first-order chi connectivity index (χ1) is 27.8. The number of benzene rings is 8. The zero-order chi connectivity index (χ0) is 37.0. The van der Waals surface area contributed by atoms with Crippen LogP contribution in [0.2, 0.25) is 0 Å². The lowest BCUT2D eigenvalue weighted by Crippen LogP contribution is -2.01. The highest BCUT2D eigenvalue weighted by Crippen LogP contribution is 2.42. The van der Waals surface area contributed by atoms with E-state index in [0.29, 0.717) is 17.5 Å². The minimum Gasteiger partial charge on any atom is -0.309 e. The van der Waals surface area contributed by atoms with E-state index >= 15 is 0 Å². The molecule has 0 aliphatic heterocycles. The number of rotatable bonds is 6. The quantitative estimate of drug-likeness (QED) is 0.171. The molecule has 0 saturated heterocycles. The van der Waals surface area contributed by atoms with Gasteiger partial charge in [-0.25, -0.2) is 15.0 Å². The van der Waals surface area contributed by atoms with E-state index in [1.807, 2.05) is 0 Å². The molecule has 0 aliphatic rings. The van der Waals surface area contributed by atoms with Crippen molar-refractivity contribution in [1.29, 1.82) is 0 Å². The molecule has 3 heterocycles. The summed E-state index contributed by atoms with van der Waals surface area (Å²) in [5, 5.41) is 4.76. The van der Waals surface area contributed by atoms with Crippen molar-refractivity contribution >= 4 is 53.3 Å². The van der Waals surface area contributed by atoms with Crippen LogP contribution in [0.1, 0.15) is 0 Å². The zero-order valence-corrected chi connectivity index (χ0v) is 31.0. The second kappa shape index (κ2) is 13.3. The molecule has 8 aromatic carbocycles. The number of aromatic nitrogens is 4. The Bertz CT molecular complexity index is 3250. The molecule has 11 rings (SSSR count). The highest BCUT2D eigenvalue weighted by atomic mass is 32.1. The summed E-state index contributed by atoms with van der Waals surface area (Å²) in [7, 11) is 0. The lowest BCUT2D eigenvalue weighted by atomic mass is 9.91. The number of para-hydroxylation sites is 2. The van der Waals surface area contributed by atoms with Gasteiger partial charge in [-0.1, -0.05) is 158 Å². The molecule has 0 aliphatic carbocycles. The van der Waals surface area contributed by atoms with E-state index in [4.69, 9.17) is 15.0 Å². The average Bonchev–Trinajstić information content (AvgIpc) is 3.82. The fraction of sp³-hybridized carbons (Fsp3) is 0. The molecule has 0 spiro atoms. The molecule has 3 aromatic heterocycles. The van der Waals surface area contributed by atoms with Crippen LogP contribution in [0.5, 0.6) is 0 Å². The van der Waals surface area contributed by atoms with Gasteiger partial charge >= 0.3 is 0 Å². The second-order valence-corrected chi connectivity index (χ2v) is 15.0. The maximum Gasteiger partial charge on any atom is 0.164 e. The van der Waals surface area contributed by atoms with Gasteiger partial charge < -0.3 is 4.57 Å². The summed E-state index contributed by atoms with van der Waals surface area (Å²) in [5.41, 5.74) is 10.7. The number of hydrogen-bond acceptors (Lipinski definition) is 4. The van der Waals surface area contributed by atoms with E-state index in [0.717, 1.165) is 66.4 Å². The minimum atomic E-state index is 0.628. The molecule has 0 unspecified atom stereocenters. The van der Waals surface area contributed by atoms with Gasteiger partial charge in [0, 0.05) is 53.3 Å². The standard InChI is InChI=1S/C51H32N4S/c1-3-16-33(17-4-1)36-20-7-8-21-37(36)38-22-9-10-24-41(38)50-52-49(34-30-31-40-39-23-12-14-29-46(39)56-47(40)32-34)53-51(54-50)43-26-15-28-45-48(43)42-25-11-13-27-44(42)55(45)35-18-5-2-6-19-35/h1-32H. The summed E-state index contributed by atoms with van der Waals surface area (Å²) >= 11 is 1.80. The van der Waals surface area contributed by atoms with E-state index in [2.05, 4.69) is 199 Å². The summed E-state index contributed by atoms with van der Waals surface area (Å²) in [6.07, 6.45) is 0. The third-order valence-electron chi connectivity index (χ3n) is 10.7. The van der Waals surface area contributed by atoms with Crippen molar-refractivity contribution < 1.29 is 0 Å². The molecule has 0 radical (unpaired) electrons. The molecule has 5 heteroatoms. The summed E-state index contributed by atoms with van der Waals surface area (Å²) in [6, 6.07) is 68.5. The maximum absolute atomic E-state index is 5.40. The normalized spacial score (nSPS) is 11.6. The first kappa shape index (κ1) is 32.2. The Morgan fingerprint density at radius 1 is 0.339 bits per heavy atom. The molecule has 0 amide bonds. The third-order valence-corrected chi connectivity index (χ3v) is 11.8. The topological polar surface area (TPSA) is 43.6 Å². The van der Waals surface area contributed by atoms with E-state index in [-0.39, 0.29) is 0 Å². The zero-order valence-electron chi connectivity index (χ0n) is 30.2. The van der Waals surface area contributed by atoms with E-state index in [1.54, 1.807) is 11.3 Å². The van der Waals surface area contributed by atoms with Crippen molar-refractivity contribution in [1.82, 2.24) is 19.5 Å². The smallest absolute Gasteiger partial charge is 0.164 e. The molecular weight excluding hydrogens is 701 g/mol. The number of thiophene rings is 1. The van der Waals surface area contributed by atoms with E-state index < -0.39 is 0 Å². The van der Waals surface area contributed by atoms with Gasteiger partial charge in [-0.15, -0.1) is 11.3 Å². The van der Waals surface area contributed by atoms with Gasteiger partial charge in [-0.3, -0.25) is 0 Å². The lowest BCUT2D eigenvalue weighted by molar-refractivity contribution is 1.08. The van der Waals surface area contributed by atoms with Crippen LogP contribution in [0.15, 0.2) is 194 Å². The van der Waals surface area contributed by atoms with E-state index in [9.17, 15) is 0 Å². The van der Waals surface area contributed by atoms with Gasteiger partial charge in [-0.2, -0.15) is 0 Å². The van der Waals surface area contributed by atoms with E-state index in [1.165, 1.54) is 20.2 Å². The van der Waals surface area contributed by atoms with Crippen molar-refractivity contribution in [3.63, 3.8) is 0 Å². The summed E-state index contributed by atoms with van der Waals surface area (Å²) in [6.45, 7) is 0. The maximum atomic E-state index is 5.40. The Hall–Kier alpha value is -7.21. The Morgan fingerprint density at radius 3 is 1.70 bits per heavy atom. The Morgan fingerprint density at radius 2 is 0.893 bits per heavy atom. The third kappa shape index (κ3) is 5.32. The van der Waals surface area contributed by atoms with Crippen molar-refractivity contribution in [3.05, 3.63) is 194 Å². The summed E-state index contributed by atoms with van der Waals surface area (Å²) < 4.78 is 4.81. The van der Waals surface area contributed by atoms with Crippen LogP contribution in [0, 0.1) is 0 Å². The van der Waals surface area contributed by atoms with Crippen molar-refractivity contribution in [2.75, 3.05) is 0 Å². The molecule has 0 bridgehead atoms. The summed E-state index contributed by atoms with van der Waals surface area (Å²) in [4.78, 5) is 16.1. The highest BCUT2D eigenvalue weighted by molar-refractivity contribution is 7.25. The molecule has 4 nitrogen and oxygen atoms in total. The van der Waals surface area contributed by atoms with Gasteiger partial charge in [0.05, 0.1) is 11.0 Å². The molecule has 56 heavy (non-hydrogen) atoms. The lowest BCUT2D eigenvalue weighted by Gasteiger charge is -2.15. The van der Waals surface area contributed by atoms with Gasteiger partial charge in [0.1, 0.15) is 0 Å². The highest BCUT2D eigenvalue weighted by Gasteiger charge is 2.21. The molecule has 0 atom stereocenters. The number of nitrogens with zero attached hydrogens (tertiary/aromatic N) is 4. The molecule has 262 valence electrons. The Kier molecular flexibility index (Phi) is 7.64. The largest absolute Gasteiger partial charge is 0.309 e. The first-order valence-electron chi connectivity index (χ1n) is 18.8. The van der Waals surface area contributed by atoms with Crippen molar-refractivity contribution in [2.45, 2.75) is 0 Å². The van der Waals surface area contributed by atoms with Gasteiger partial charge in [-0.05, 0) is 58.7 Å². The SMILES string of the molecule is c1ccc(-c2ccccc2-c2ccccc2-c2nc(-c3ccc4c(c3)sc3ccccc34)nc(-c3cccc4c3c3ccccc3n4-c3ccccc3)n2)cc1. The average molecular weight is 733 g/mol. The molecule has 11 aromatic rings. The summed E-state index contributed by atoms with van der Waals surface area (Å²) in [5.74, 6) is 1.90. The van der Waals surface area contributed by atoms with Gasteiger partial charge in [0.25, 0.3) is 0 Å². The van der Waals surface area contributed by atoms with Gasteiger partial charge in [0.2, 0.25) is 0 Å². The monoisotopic (exact) mass is 732 g/mol. The number of hydrogen-bond donors (Lipinski definition) is 0. The van der Waals surface area contributed by atoms with Crippen LogP contribution in [-0.4, -0.2) is 19.5 Å². The Labute approximate surface area is 327 Å². The minimum absolute atomic E-state index is 0.628. The Balaban J connectivity index is 1.18. The molecular formula is C51H32N4S. The van der Waals surface area contributed by atoms with Gasteiger partial charge in [0.15, 0.2) is 17.5 Å². The number of fused-ring (bicyclic) bond motifs is 6. The fourth-order valence-electron chi connectivity index (χ4n) is 8.17. The van der Waals surface area contributed by atoms with Crippen molar-refractivity contribution in [2.24, 2.45) is 0 Å². The van der Waals surface area contributed by atoms with Crippen molar-refractivity contribution in [3.8, 4) is 62.1 Å². The van der Waals surface area contributed by atoms with Crippen LogP contribution in [0.4, 0.5) is 0 Å². The van der Waals surface area contributed by atoms with Crippen LogP contribution >= 0.6 is 11.3 Å². The molecule has 0 saturated carbocycles. The molecule has 0 fully saturated rings. The first-order valence-corrected chi connectivity index (χ1v) is 19.6. The van der Waals surface area contributed by atoms with Crippen LogP contribution in [0.3, 0.4) is 0 Å². The predicted octanol–water partition coefficient (Wildman–Crippen LogP) is 13.7. The fourth-order valence-corrected chi connectivity index (χ4v) is 9.32. The van der Waals surface area contributed by atoms with Crippen LogP contribution in [-0.2, 0) is 0 Å². The van der Waals surface area contributed by atoms with Crippen LogP contribution in [0.25, 0.3) is 104 Å².